The van der Waals surface area contributed by atoms with Crippen molar-refractivity contribution < 1.29 is 32.3 Å². The highest BCUT2D eigenvalue weighted by atomic mass is 32.2. The molecule has 0 N–H and O–H groups in total. The Morgan fingerprint density at radius 1 is 1.35 bits per heavy atom. The maximum absolute atomic E-state index is 12.5. The number of methoxy groups -OCH3 is 1. The highest BCUT2D eigenvalue weighted by Crippen LogP contribution is 2.27. The molecule has 9 heteroatoms. The van der Waals surface area contributed by atoms with Crippen molar-refractivity contribution in [1.29, 1.82) is 0 Å². The van der Waals surface area contributed by atoms with Gasteiger partial charge in [0.15, 0.2) is 0 Å². The smallest absolute Gasteiger partial charge is 0.374 e. The first-order chi connectivity index (χ1) is 11.0. The van der Waals surface area contributed by atoms with Crippen LogP contribution < -0.4 is 0 Å². The van der Waals surface area contributed by atoms with Crippen molar-refractivity contribution in [3.05, 3.63) is 47.5 Å². The van der Waals surface area contributed by atoms with Gasteiger partial charge in [0, 0.05) is 11.8 Å². The summed E-state index contributed by atoms with van der Waals surface area (Å²) < 4.78 is 39.4. The predicted molar refractivity (Wildman–Crippen MR) is 75.3 cm³/mol. The molecule has 0 radical (unpaired) electrons. The van der Waals surface area contributed by atoms with Crippen molar-refractivity contribution in [3.8, 4) is 0 Å². The normalized spacial score (nSPS) is 10.6. The van der Waals surface area contributed by atoms with E-state index in [1.807, 2.05) is 0 Å². The summed E-state index contributed by atoms with van der Waals surface area (Å²) in [5, 5.41) is -0.132. The van der Waals surface area contributed by atoms with Gasteiger partial charge in [-0.3, -0.25) is 0 Å². The molecule has 0 saturated carbocycles. The SMILES string of the molecule is COC(=O)c1occc1COC(=O)c1cccnc1SC(F)F. The molecule has 0 saturated heterocycles. The maximum atomic E-state index is 12.5. The zero-order valence-corrected chi connectivity index (χ0v) is 12.6. The van der Waals surface area contributed by atoms with Gasteiger partial charge in [-0.2, -0.15) is 8.78 Å². The largest absolute Gasteiger partial charge is 0.463 e. The van der Waals surface area contributed by atoms with E-state index < -0.39 is 17.7 Å². The molecule has 6 nitrogen and oxygen atoms in total. The van der Waals surface area contributed by atoms with Crippen LogP contribution in [0.2, 0.25) is 0 Å². The van der Waals surface area contributed by atoms with Crippen LogP contribution in [0.5, 0.6) is 0 Å². The summed E-state index contributed by atoms with van der Waals surface area (Å²) in [6, 6.07) is 4.21. The van der Waals surface area contributed by atoms with Crippen LogP contribution in [0.25, 0.3) is 0 Å². The molecule has 23 heavy (non-hydrogen) atoms. The van der Waals surface area contributed by atoms with Gasteiger partial charge in [0.25, 0.3) is 5.76 Å². The molecular weight excluding hydrogens is 332 g/mol. The van der Waals surface area contributed by atoms with Crippen LogP contribution >= 0.6 is 11.8 Å². The van der Waals surface area contributed by atoms with Gasteiger partial charge in [-0.25, -0.2) is 14.6 Å². The van der Waals surface area contributed by atoms with Gasteiger partial charge in [0.1, 0.15) is 11.6 Å². The number of nitrogens with zero attached hydrogens (tertiary/aromatic N) is 1. The van der Waals surface area contributed by atoms with Gasteiger partial charge >= 0.3 is 11.9 Å². The Morgan fingerprint density at radius 2 is 2.13 bits per heavy atom. The molecule has 0 unspecified atom stereocenters. The quantitative estimate of drug-likeness (QED) is 0.589. The highest BCUT2D eigenvalue weighted by molar-refractivity contribution is 7.99. The number of hydrogen-bond acceptors (Lipinski definition) is 7. The molecule has 0 bridgehead atoms. The van der Waals surface area contributed by atoms with Gasteiger partial charge in [-0.05, 0) is 30.0 Å². The number of hydrogen-bond donors (Lipinski definition) is 0. The molecule has 0 aliphatic carbocycles. The molecule has 2 rings (SSSR count). The van der Waals surface area contributed by atoms with E-state index in [2.05, 4.69) is 9.72 Å². The monoisotopic (exact) mass is 343 g/mol. The van der Waals surface area contributed by atoms with Crippen LogP contribution in [0.4, 0.5) is 8.78 Å². The topological polar surface area (TPSA) is 78.6 Å². The van der Waals surface area contributed by atoms with E-state index in [0.717, 1.165) is 0 Å². The summed E-state index contributed by atoms with van der Waals surface area (Å²) in [5.74, 6) is -4.35. The molecular formula is C14H11F2NO5S. The van der Waals surface area contributed by atoms with E-state index in [1.54, 1.807) is 0 Å². The van der Waals surface area contributed by atoms with Crippen molar-refractivity contribution in [2.45, 2.75) is 17.4 Å². The summed E-state index contributed by atoms with van der Waals surface area (Å²) in [7, 11) is 1.18. The molecule has 122 valence electrons. The number of rotatable bonds is 6. The fourth-order valence-electron chi connectivity index (χ4n) is 1.67. The Labute approximate surface area is 133 Å². The lowest BCUT2D eigenvalue weighted by atomic mass is 10.2. The standard InChI is InChI=1S/C14H11F2NO5S/c1-20-13(19)10-8(4-6-21-10)7-22-12(18)9-3-2-5-17-11(9)23-14(15)16/h2-6,14H,7H2,1H3. The van der Waals surface area contributed by atoms with Crippen molar-refractivity contribution in [2.75, 3.05) is 7.11 Å². The molecule has 0 fully saturated rings. The van der Waals surface area contributed by atoms with E-state index in [-0.39, 0.29) is 34.7 Å². The summed E-state index contributed by atoms with van der Waals surface area (Å²) in [4.78, 5) is 27.2. The zero-order valence-electron chi connectivity index (χ0n) is 11.8. The fraction of sp³-hybridized carbons (Fsp3) is 0.214. The van der Waals surface area contributed by atoms with Crippen molar-refractivity contribution in [3.63, 3.8) is 0 Å². The minimum atomic E-state index is -2.71. The molecule has 0 atom stereocenters. The number of pyridine rings is 1. The van der Waals surface area contributed by atoms with Crippen molar-refractivity contribution in [1.82, 2.24) is 4.98 Å². The van der Waals surface area contributed by atoms with Crippen LogP contribution in [0.15, 0.2) is 40.1 Å². The number of halogens is 2. The lowest BCUT2D eigenvalue weighted by Gasteiger charge is -2.08. The second-order valence-corrected chi connectivity index (χ2v) is 5.06. The molecule has 2 aromatic rings. The number of esters is 2. The summed E-state index contributed by atoms with van der Waals surface area (Å²) in [6.45, 7) is -0.270. The molecule has 0 aromatic carbocycles. The maximum Gasteiger partial charge on any atom is 0.374 e. The number of carbonyl (C=O) groups is 2. The van der Waals surface area contributed by atoms with Gasteiger partial charge in [-0.15, -0.1) is 0 Å². The van der Waals surface area contributed by atoms with Crippen LogP contribution in [0, 0.1) is 0 Å². The predicted octanol–water partition coefficient (Wildman–Crippen LogP) is 3.13. The third-order valence-electron chi connectivity index (χ3n) is 2.67. The molecule has 0 spiro atoms. The highest BCUT2D eigenvalue weighted by Gasteiger charge is 2.20. The van der Waals surface area contributed by atoms with E-state index in [1.165, 1.54) is 37.8 Å². The Bertz CT molecular complexity index is 704. The van der Waals surface area contributed by atoms with E-state index in [4.69, 9.17) is 9.15 Å². The fourth-order valence-corrected chi connectivity index (χ4v) is 2.24. The van der Waals surface area contributed by atoms with Crippen molar-refractivity contribution in [2.24, 2.45) is 0 Å². The first kappa shape index (κ1) is 16.9. The second kappa shape index (κ2) is 7.73. The summed E-state index contributed by atoms with van der Waals surface area (Å²) in [6.07, 6.45) is 2.55. The van der Waals surface area contributed by atoms with Crippen LogP contribution in [0.3, 0.4) is 0 Å². The first-order valence-electron chi connectivity index (χ1n) is 6.24. The third-order valence-corrected chi connectivity index (χ3v) is 3.39. The van der Waals surface area contributed by atoms with E-state index in [0.29, 0.717) is 5.56 Å². The minimum absolute atomic E-state index is 0.0825. The number of thioether (sulfide) groups is 1. The van der Waals surface area contributed by atoms with Crippen LogP contribution in [0.1, 0.15) is 26.5 Å². The molecule has 2 heterocycles. The van der Waals surface area contributed by atoms with Gasteiger partial charge < -0.3 is 13.9 Å². The van der Waals surface area contributed by atoms with Crippen LogP contribution in [-0.4, -0.2) is 29.8 Å². The number of furan rings is 1. The average molecular weight is 343 g/mol. The van der Waals surface area contributed by atoms with Crippen LogP contribution in [-0.2, 0) is 16.1 Å². The molecule has 2 aromatic heterocycles. The third kappa shape index (κ3) is 4.28. The number of carbonyl (C=O) groups excluding carboxylic acids is 2. The Kier molecular flexibility index (Phi) is 5.69. The number of alkyl halides is 2. The Balaban J connectivity index is 2.09. The summed E-state index contributed by atoms with van der Waals surface area (Å²) in [5.41, 5.74) is 0.220. The van der Waals surface area contributed by atoms with Crippen molar-refractivity contribution >= 4 is 23.7 Å². The average Bonchev–Trinajstić information content (AvgIpc) is 3.00. The van der Waals surface area contributed by atoms with E-state index in [9.17, 15) is 18.4 Å². The Morgan fingerprint density at radius 3 is 2.83 bits per heavy atom. The lowest BCUT2D eigenvalue weighted by Crippen LogP contribution is -2.10. The second-order valence-electron chi connectivity index (χ2n) is 4.08. The molecule has 0 amide bonds. The van der Waals surface area contributed by atoms with Gasteiger partial charge in [0.05, 0.1) is 18.9 Å². The zero-order chi connectivity index (χ0) is 16.8. The molecule has 0 aliphatic rings. The van der Waals surface area contributed by atoms with Gasteiger partial charge in [-0.1, -0.05) is 0 Å². The Hall–Kier alpha value is -2.42. The lowest BCUT2D eigenvalue weighted by molar-refractivity contribution is 0.0449. The van der Waals surface area contributed by atoms with Gasteiger partial charge in [0.2, 0.25) is 5.76 Å². The molecule has 0 aliphatic heterocycles. The number of aromatic nitrogens is 1. The number of ether oxygens (including phenoxy) is 2. The summed E-state index contributed by atoms with van der Waals surface area (Å²) >= 11 is 0.150. The minimum Gasteiger partial charge on any atom is -0.463 e. The van der Waals surface area contributed by atoms with E-state index >= 15 is 0 Å². The first-order valence-corrected chi connectivity index (χ1v) is 7.12.